The van der Waals surface area contributed by atoms with Crippen LogP contribution < -0.4 is 5.32 Å². The zero-order chi connectivity index (χ0) is 20.9. The maximum atomic E-state index is 14.1. The van der Waals surface area contributed by atoms with E-state index >= 15 is 0 Å². The van der Waals surface area contributed by atoms with Crippen molar-refractivity contribution in [2.75, 3.05) is 5.32 Å². The average Bonchev–Trinajstić information content (AvgIpc) is 3.22. The van der Waals surface area contributed by atoms with Crippen molar-refractivity contribution in [2.45, 2.75) is 40.2 Å². The van der Waals surface area contributed by atoms with Crippen molar-refractivity contribution >= 4 is 27.8 Å². The first-order chi connectivity index (χ1) is 13.7. The molecular weight excluding hydrogens is 372 g/mol. The van der Waals surface area contributed by atoms with Crippen LogP contribution in [0.25, 0.3) is 33.3 Å². The first-order valence-electron chi connectivity index (χ1n) is 9.75. The van der Waals surface area contributed by atoms with Gasteiger partial charge in [0.25, 0.3) is 0 Å². The highest BCUT2D eigenvalue weighted by Crippen LogP contribution is 2.33. The average molecular weight is 397 g/mol. The first-order valence-corrected chi connectivity index (χ1v) is 9.75. The Morgan fingerprint density at radius 1 is 1.17 bits per heavy atom. The Labute approximate surface area is 168 Å². The molecule has 3 heterocycles. The second-order valence-corrected chi connectivity index (χ2v) is 8.54. The largest absolute Gasteiger partial charge is 0.366 e. The molecule has 4 aromatic rings. The third-order valence-corrected chi connectivity index (χ3v) is 5.44. The Bertz CT molecular complexity index is 1200. The van der Waals surface area contributed by atoms with E-state index < -0.39 is 11.6 Å². The number of nitrogens with one attached hydrogen (secondary N) is 2. The monoisotopic (exact) mass is 397 g/mol. The van der Waals surface area contributed by atoms with Crippen LogP contribution in [0, 0.1) is 17.0 Å². The van der Waals surface area contributed by atoms with Gasteiger partial charge in [0.05, 0.1) is 10.9 Å². The minimum Gasteiger partial charge on any atom is -0.366 e. The molecule has 7 heteroatoms. The van der Waals surface area contributed by atoms with Crippen molar-refractivity contribution in [3.05, 3.63) is 42.2 Å². The van der Waals surface area contributed by atoms with Crippen LogP contribution in [0.5, 0.6) is 0 Å². The lowest BCUT2D eigenvalue weighted by molar-refractivity contribution is 0.333. The molecule has 1 aromatic carbocycles. The van der Waals surface area contributed by atoms with Gasteiger partial charge in [-0.2, -0.15) is 0 Å². The summed E-state index contributed by atoms with van der Waals surface area (Å²) in [4.78, 5) is 12.3. The fraction of sp³-hybridized carbons (Fsp3) is 0.364. The zero-order valence-electron chi connectivity index (χ0n) is 17.3. The van der Waals surface area contributed by atoms with E-state index in [-0.39, 0.29) is 17.0 Å². The fourth-order valence-electron chi connectivity index (χ4n) is 3.80. The van der Waals surface area contributed by atoms with Crippen LogP contribution >= 0.6 is 0 Å². The number of hydrogen-bond donors (Lipinski definition) is 2. The van der Waals surface area contributed by atoms with Crippen molar-refractivity contribution in [3.63, 3.8) is 0 Å². The molecule has 29 heavy (non-hydrogen) atoms. The van der Waals surface area contributed by atoms with E-state index in [2.05, 4.69) is 43.0 Å². The number of rotatable bonds is 4. The molecule has 4 rings (SSSR count). The van der Waals surface area contributed by atoms with E-state index in [1.165, 1.54) is 6.07 Å². The first kappa shape index (κ1) is 19.4. The standard InChI is InChI=1S/C22H25F2N5/c1-6-17(22(2,3)4)26-19-13-7-8-29(5)21(13)28-20(27-19)15-11-25-18-14(15)9-12(23)10-16(18)24/h7-11,17,25H,6H2,1-5H3,(H,26,27,28). The molecule has 1 atom stereocenters. The third kappa shape index (κ3) is 3.34. The van der Waals surface area contributed by atoms with Crippen molar-refractivity contribution < 1.29 is 8.78 Å². The molecule has 0 aliphatic heterocycles. The summed E-state index contributed by atoms with van der Waals surface area (Å²) in [7, 11) is 1.92. The van der Waals surface area contributed by atoms with E-state index in [1.54, 1.807) is 6.20 Å². The molecule has 3 aromatic heterocycles. The summed E-state index contributed by atoms with van der Waals surface area (Å²) in [5, 5.41) is 4.91. The zero-order valence-corrected chi connectivity index (χ0v) is 17.3. The smallest absolute Gasteiger partial charge is 0.166 e. The van der Waals surface area contributed by atoms with E-state index in [4.69, 9.17) is 4.98 Å². The Balaban J connectivity index is 1.92. The molecule has 0 spiro atoms. The summed E-state index contributed by atoms with van der Waals surface area (Å²) in [6.45, 7) is 8.69. The fourth-order valence-corrected chi connectivity index (χ4v) is 3.80. The number of aryl methyl sites for hydroxylation is 1. The molecule has 152 valence electrons. The predicted molar refractivity (Wildman–Crippen MR) is 113 cm³/mol. The van der Waals surface area contributed by atoms with E-state index in [0.29, 0.717) is 16.8 Å². The Hall–Kier alpha value is -2.96. The molecule has 1 unspecified atom stereocenters. The van der Waals surface area contributed by atoms with E-state index in [0.717, 1.165) is 29.3 Å². The number of fused-ring (bicyclic) bond motifs is 2. The molecule has 5 nitrogen and oxygen atoms in total. The van der Waals surface area contributed by atoms with Gasteiger partial charge in [0, 0.05) is 42.5 Å². The maximum absolute atomic E-state index is 14.1. The lowest BCUT2D eigenvalue weighted by atomic mass is 9.85. The van der Waals surface area contributed by atoms with Gasteiger partial charge in [0.15, 0.2) is 5.82 Å². The summed E-state index contributed by atoms with van der Waals surface area (Å²) in [5.74, 6) is -0.128. The summed E-state index contributed by atoms with van der Waals surface area (Å²) in [6, 6.07) is 4.35. The number of benzene rings is 1. The number of hydrogen-bond acceptors (Lipinski definition) is 3. The second kappa shape index (κ2) is 6.83. The molecule has 2 N–H and O–H groups in total. The third-order valence-electron chi connectivity index (χ3n) is 5.44. The van der Waals surface area contributed by atoms with Crippen molar-refractivity contribution in [1.29, 1.82) is 0 Å². The normalized spacial score (nSPS) is 13.3. The molecule has 0 bridgehead atoms. The number of halogens is 2. The predicted octanol–water partition coefficient (Wildman–Crippen LogP) is 5.63. The Morgan fingerprint density at radius 3 is 2.62 bits per heavy atom. The molecule has 0 aliphatic rings. The molecule has 0 amide bonds. The number of H-pyrrole nitrogens is 1. The van der Waals surface area contributed by atoms with Gasteiger partial charge in [0.2, 0.25) is 0 Å². The molecule has 0 aliphatic carbocycles. The molecule has 0 radical (unpaired) electrons. The molecular formula is C22H25F2N5. The highest BCUT2D eigenvalue weighted by Gasteiger charge is 2.25. The summed E-state index contributed by atoms with van der Waals surface area (Å²) < 4.78 is 29.9. The Kier molecular flexibility index (Phi) is 4.56. The van der Waals surface area contributed by atoms with Crippen LogP contribution in [0.15, 0.2) is 30.6 Å². The van der Waals surface area contributed by atoms with Crippen molar-refractivity contribution in [2.24, 2.45) is 12.5 Å². The van der Waals surface area contributed by atoms with Gasteiger partial charge in [-0.1, -0.05) is 27.7 Å². The van der Waals surface area contributed by atoms with Gasteiger partial charge in [-0.3, -0.25) is 0 Å². The van der Waals surface area contributed by atoms with Crippen LogP contribution in [0.4, 0.5) is 14.6 Å². The van der Waals surface area contributed by atoms with Gasteiger partial charge in [-0.15, -0.1) is 0 Å². The summed E-state index contributed by atoms with van der Waals surface area (Å²) >= 11 is 0. The van der Waals surface area contributed by atoms with E-state index in [9.17, 15) is 8.78 Å². The lowest BCUT2D eigenvalue weighted by Crippen LogP contribution is -2.33. The SMILES string of the molecule is CCC(Nc1nc(-c2c[nH]c3c(F)cc(F)cc23)nc2c1ccn2C)C(C)(C)C. The van der Waals surface area contributed by atoms with Gasteiger partial charge in [-0.05, 0) is 24.0 Å². The quantitative estimate of drug-likeness (QED) is 0.469. The number of aromatic amines is 1. The number of anilines is 1. The number of aromatic nitrogens is 4. The maximum Gasteiger partial charge on any atom is 0.166 e. The van der Waals surface area contributed by atoms with Gasteiger partial charge < -0.3 is 14.9 Å². The van der Waals surface area contributed by atoms with Crippen molar-refractivity contribution in [3.8, 4) is 11.4 Å². The second-order valence-electron chi connectivity index (χ2n) is 8.54. The minimum atomic E-state index is -0.636. The van der Waals surface area contributed by atoms with Crippen LogP contribution in [0.1, 0.15) is 34.1 Å². The molecule has 0 saturated carbocycles. The van der Waals surface area contributed by atoms with Crippen LogP contribution in [0.3, 0.4) is 0 Å². The molecule has 0 saturated heterocycles. The van der Waals surface area contributed by atoms with Crippen LogP contribution in [0.2, 0.25) is 0 Å². The highest BCUT2D eigenvalue weighted by molar-refractivity contribution is 5.96. The highest BCUT2D eigenvalue weighted by atomic mass is 19.1. The van der Waals surface area contributed by atoms with Gasteiger partial charge in [-0.25, -0.2) is 18.7 Å². The van der Waals surface area contributed by atoms with Gasteiger partial charge >= 0.3 is 0 Å². The summed E-state index contributed by atoms with van der Waals surface area (Å²) in [5.41, 5.74) is 1.60. The minimum absolute atomic E-state index is 0.0357. The number of nitrogens with zero attached hydrogens (tertiary/aromatic N) is 3. The summed E-state index contributed by atoms with van der Waals surface area (Å²) in [6.07, 6.45) is 4.49. The Morgan fingerprint density at radius 2 is 1.93 bits per heavy atom. The molecule has 0 fully saturated rings. The van der Waals surface area contributed by atoms with Crippen LogP contribution in [-0.4, -0.2) is 25.6 Å². The van der Waals surface area contributed by atoms with Gasteiger partial charge in [0.1, 0.15) is 23.1 Å². The lowest BCUT2D eigenvalue weighted by Gasteiger charge is -2.31. The van der Waals surface area contributed by atoms with Crippen LogP contribution in [-0.2, 0) is 7.05 Å². The topological polar surface area (TPSA) is 58.5 Å². The van der Waals surface area contributed by atoms with E-state index in [1.807, 2.05) is 23.9 Å². The van der Waals surface area contributed by atoms with Crippen molar-refractivity contribution in [1.82, 2.24) is 19.5 Å².